The fraction of sp³-hybridized carbons (Fsp3) is 0.385. The molecule has 1 aromatic carbocycles. The minimum absolute atomic E-state index is 0.434. The fourth-order valence-corrected chi connectivity index (χ4v) is 2.28. The zero-order valence-corrected chi connectivity index (χ0v) is 11.6. The van der Waals surface area contributed by atoms with Crippen molar-refractivity contribution in [3.8, 4) is 0 Å². The van der Waals surface area contributed by atoms with Crippen LogP contribution in [0.5, 0.6) is 0 Å². The number of benzene rings is 1. The summed E-state index contributed by atoms with van der Waals surface area (Å²) in [4.78, 5) is 2.12. The molecule has 2 nitrogen and oxygen atoms in total. The number of hydrogen-bond acceptors (Lipinski definition) is 2. The highest BCUT2D eigenvalue weighted by molar-refractivity contribution is 9.10. The summed E-state index contributed by atoms with van der Waals surface area (Å²) in [6, 6.07) is 5.91. The SMILES string of the molecule is C=C(C)CN(C)c1ccc(C(C)O)cc1Br. The quantitative estimate of drug-likeness (QED) is 0.855. The summed E-state index contributed by atoms with van der Waals surface area (Å²) < 4.78 is 0.995. The molecule has 0 heterocycles. The molecule has 88 valence electrons. The van der Waals surface area contributed by atoms with E-state index >= 15 is 0 Å². The second-order valence-electron chi connectivity index (χ2n) is 4.20. The Labute approximate surface area is 106 Å². The molecule has 0 fully saturated rings. The van der Waals surface area contributed by atoms with Crippen molar-refractivity contribution in [3.63, 3.8) is 0 Å². The van der Waals surface area contributed by atoms with Gasteiger partial charge in [-0.25, -0.2) is 0 Å². The fourth-order valence-electron chi connectivity index (χ4n) is 1.58. The van der Waals surface area contributed by atoms with Gasteiger partial charge in [-0.2, -0.15) is 0 Å². The summed E-state index contributed by atoms with van der Waals surface area (Å²) in [5.41, 5.74) is 3.14. The number of likely N-dealkylation sites (N-methyl/N-ethyl adjacent to an activating group) is 1. The third-order valence-electron chi connectivity index (χ3n) is 2.37. The average Bonchev–Trinajstić information content (AvgIpc) is 2.15. The number of aliphatic hydroxyl groups is 1. The molecule has 0 aliphatic rings. The summed E-state index contributed by atoms with van der Waals surface area (Å²) in [5, 5.41) is 9.47. The number of anilines is 1. The molecule has 0 radical (unpaired) electrons. The van der Waals surface area contributed by atoms with E-state index in [1.807, 2.05) is 32.2 Å². The van der Waals surface area contributed by atoms with Crippen LogP contribution < -0.4 is 4.90 Å². The van der Waals surface area contributed by atoms with E-state index in [0.717, 1.165) is 27.8 Å². The Morgan fingerprint density at radius 1 is 1.56 bits per heavy atom. The van der Waals surface area contributed by atoms with Crippen LogP contribution in [0, 0.1) is 0 Å². The first kappa shape index (κ1) is 13.3. The van der Waals surface area contributed by atoms with Gasteiger partial charge in [-0.15, -0.1) is 0 Å². The van der Waals surface area contributed by atoms with Gasteiger partial charge in [0.15, 0.2) is 0 Å². The summed E-state index contributed by atoms with van der Waals surface area (Å²) in [7, 11) is 2.02. The minimum Gasteiger partial charge on any atom is -0.389 e. The van der Waals surface area contributed by atoms with Crippen molar-refractivity contribution in [1.29, 1.82) is 0 Å². The van der Waals surface area contributed by atoms with Gasteiger partial charge in [0.1, 0.15) is 0 Å². The summed E-state index contributed by atoms with van der Waals surface area (Å²) in [5.74, 6) is 0. The second kappa shape index (κ2) is 5.51. The summed E-state index contributed by atoms with van der Waals surface area (Å²) >= 11 is 3.52. The van der Waals surface area contributed by atoms with Crippen molar-refractivity contribution in [2.75, 3.05) is 18.5 Å². The van der Waals surface area contributed by atoms with Gasteiger partial charge in [-0.3, -0.25) is 0 Å². The molecule has 0 spiro atoms. The molecule has 3 heteroatoms. The van der Waals surface area contributed by atoms with Crippen molar-refractivity contribution in [1.82, 2.24) is 0 Å². The number of rotatable bonds is 4. The van der Waals surface area contributed by atoms with Gasteiger partial charge < -0.3 is 10.0 Å². The number of aliphatic hydroxyl groups excluding tert-OH is 1. The molecule has 0 bridgehead atoms. The maximum atomic E-state index is 9.47. The molecule has 0 saturated heterocycles. The zero-order chi connectivity index (χ0) is 12.3. The summed E-state index contributed by atoms with van der Waals surface area (Å²) in [6.45, 7) is 8.50. The molecule has 0 aliphatic heterocycles. The lowest BCUT2D eigenvalue weighted by atomic mass is 10.1. The van der Waals surface area contributed by atoms with E-state index in [-0.39, 0.29) is 0 Å². The van der Waals surface area contributed by atoms with Gasteiger partial charge in [0.05, 0.1) is 11.8 Å². The van der Waals surface area contributed by atoms with E-state index in [0.29, 0.717) is 0 Å². The van der Waals surface area contributed by atoms with Gasteiger partial charge in [0.25, 0.3) is 0 Å². The lowest BCUT2D eigenvalue weighted by Gasteiger charge is -2.21. The molecule has 1 atom stereocenters. The number of nitrogens with zero attached hydrogens (tertiary/aromatic N) is 1. The Hall–Kier alpha value is -0.800. The Balaban J connectivity index is 2.94. The zero-order valence-electron chi connectivity index (χ0n) is 10.00. The van der Waals surface area contributed by atoms with Gasteiger partial charge >= 0.3 is 0 Å². The van der Waals surface area contributed by atoms with E-state index in [4.69, 9.17) is 0 Å². The van der Waals surface area contributed by atoms with Crippen LogP contribution in [0.4, 0.5) is 5.69 Å². The van der Waals surface area contributed by atoms with Crippen molar-refractivity contribution < 1.29 is 5.11 Å². The molecule has 0 saturated carbocycles. The monoisotopic (exact) mass is 283 g/mol. The van der Waals surface area contributed by atoms with E-state index in [2.05, 4.69) is 27.4 Å². The predicted molar refractivity (Wildman–Crippen MR) is 72.9 cm³/mol. The average molecular weight is 284 g/mol. The normalized spacial score (nSPS) is 12.3. The van der Waals surface area contributed by atoms with Crippen LogP contribution in [0.3, 0.4) is 0 Å². The molecule has 1 aromatic rings. The smallest absolute Gasteiger partial charge is 0.0762 e. The summed E-state index contributed by atoms with van der Waals surface area (Å²) in [6.07, 6.45) is -0.434. The predicted octanol–water partition coefficient (Wildman–Crippen LogP) is 3.51. The Morgan fingerprint density at radius 3 is 2.62 bits per heavy atom. The maximum absolute atomic E-state index is 9.47. The molecule has 1 unspecified atom stereocenters. The standard InChI is InChI=1S/C13H18BrNO/c1-9(2)8-15(4)13-6-5-11(10(3)16)7-12(13)14/h5-7,10,16H,1,8H2,2-4H3. The van der Waals surface area contributed by atoms with Crippen LogP contribution in [0.15, 0.2) is 34.8 Å². The van der Waals surface area contributed by atoms with Crippen LogP contribution in [-0.4, -0.2) is 18.7 Å². The Bertz CT molecular complexity index is 388. The largest absolute Gasteiger partial charge is 0.389 e. The van der Waals surface area contributed by atoms with Gasteiger partial charge in [0, 0.05) is 18.1 Å². The highest BCUT2D eigenvalue weighted by atomic mass is 79.9. The van der Waals surface area contributed by atoms with E-state index < -0.39 is 6.10 Å². The number of halogens is 1. The third kappa shape index (κ3) is 3.35. The van der Waals surface area contributed by atoms with E-state index in [1.165, 1.54) is 0 Å². The maximum Gasteiger partial charge on any atom is 0.0762 e. The molecular weight excluding hydrogens is 266 g/mol. The molecule has 16 heavy (non-hydrogen) atoms. The van der Waals surface area contributed by atoms with Crippen LogP contribution in [0.25, 0.3) is 0 Å². The van der Waals surface area contributed by atoms with E-state index in [9.17, 15) is 5.11 Å². The highest BCUT2D eigenvalue weighted by Crippen LogP contribution is 2.28. The van der Waals surface area contributed by atoms with Crippen LogP contribution in [0.1, 0.15) is 25.5 Å². The van der Waals surface area contributed by atoms with Crippen molar-refractivity contribution in [2.24, 2.45) is 0 Å². The molecule has 1 rings (SSSR count). The molecular formula is C13H18BrNO. The first-order chi connectivity index (χ1) is 7.41. The molecule has 0 amide bonds. The topological polar surface area (TPSA) is 23.5 Å². The molecule has 1 N–H and O–H groups in total. The van der Waals surface area contributed by atoms with Crippen LogP contribution in [-0.2, 0) is 0 Å². The third-order valence-corrected chi connectivity index (χ3v) is 3.01. The minimum atomic E-state index is -0.434. The van der Waals surface area contributed by atoms with Gasteiger partial charge in [-0.1, -0.05) is 18.2 Å². The highest BCUT2D eigenvalue weighted by Gasteiger charge is 2.08. The molecule has 0 aromatic heterocycles. The van der Waals surface area contributed by atoms with Crippen LogP contribution in [0.2, 0.25) is 0 Å². The lowest BCUT2D eigenvalue weighted by Crippen LogP contribution is -2.19. The second-order valence-corrected chi connectivity index (χ2v) is 5.05. The van der Waals surface area contributed by atoms with Gasteiger partial charge in [-0.05, 0) is 47.5 Å². The molecule has 0 aliphatic carbocycles. The lowest BCUT2D eigenvalue weighted by molar-refractivity contribution is 0.199. The van der Waals surface area contributed by atoms with Gasteiger partial charge in [0.2, 0.25) is 0 Å². The van der Waals surface area contributed by atoms with Crippen molar-refractivity contribution in [2.45, 2.75) is 20.0 Å². The Morgan fingerprint density at radius 2 is 2.19 bits per heavy atom. The number of hydrogen-bond donors (Lipinski definition) is 1. The van der Waals surface area contributed by atoms with E-state index in [1.54, 1.807) is 6.92 Å². The Kier molecular flexibility index (Phi) is 4.56. The van der Waals surface area contributed by atoms with Crippen molar-refractivity contribution in [3.05, 3.63) is 40.4 Å². The first-order valence-electron chi connectivity index (χ1n) is 5.25. The first-order valence-corrected chi connectivity index (χ1v) is 6.04. The van der Waals surface area contributed by atoms with Crippen LogP contribution >= 0.6 is 15.9 Å². The van der Waals surface area contributed by atoms with Crippen molar-refractivity contribution >= 4 is 21.6 Å².